The lowest BCUT2D eigenvalue weighted by molar-refractivity contribution is -0.134. The molecule has 1 aliphatic rings. The van der Waals surface area contributed by atoms with Gasteiger partial charge >= 0.3 is 0 Å². The molecule has 0 aliphatic carbocycles. The second-order valence-corrected chi connectivity index (χ2v) is 5.57. The summed E-state index contributed by atoms with van der Waals surface area (Å²) in [6.45, 7) is 3.60. The number of likely N-dealkylation sites (N-methyl/N-ethyl adjacent to an activating group) is 1. The lowest BCUT2D eigenvalue weighted by Crippen LogP contribution is -2.48. The summed E-state index contributed by atoms with van der Waals surface area (Å²) in [5.41, 5.74) is 0. The standard InChI is InChI=1S/C13H17IN2O2/c1-15-6-8-16(9-7-15)13(17)10-18-12-5-3-2-4-11(12)14/h2-5H,6-10H2,1H3. The zero-order chi connectivity index (χ0) is 13.0. The molecule has 1 heterocycles. The van der Waals surface area contributed by atoms with Gasteiger partial charge in [-0.3, -0.25) is 4.79 Å². The van der Waals surface area contributed by atoms with Crippen molar-refractivity contribution in [1.82, 2.24) is 9.80 Å². The Morgan fingerprint density at radius 3 is 2.61 bits per heavy atom. The maximum absolute atomic E-state index is 12.0. The average Bonchev–Trinajstić information content (AvgIpc) is 2.38. The van der Waals surface area contributed by atoms with E-state index in [2.05, 4.69) is 34.5 Å². The molecule has 1 aliphatic heterocycles. The summed E-state index contributed by atoms with van der Waals surface area (Å²) in [5.74, 6) is 0.850. The van der Waals surface area contributed by atoms with Crippen molar-refractivity contribution in [1.29, 1.82) is 0 Å². The Labute approximate surface area is 121 Å². The molecule has 1 saturated heterocycles. The summed E-state index contributed by atoms with van der Waals surface area (Å²) in [5, 5.41) is 0. The molecule has 1 fully saturated rings. The van der Waals surface area contributed by atoms with E-state index in [9.17, 15) is 4.79 Å². The number of hydrogen-bond donors (Lipinski definition) is 0. The number of piperazine rings is 1. The minimum atomic E-state index is 0.0720. The number of benzene rings is 1. The fourth-order valence-electron chi connectivity index (χ4n) is 1.85. The van der Waals surface area contributed by atoms with Crippen LogP contribution in [-0.4, -0.2) is 55.5 Å². The van der Waals surface area contributed by atoms with Crippen molar-refractivity contribution in [3.63, 3.8) is 0 Å². The number of carbonyl (C=O) groups is 1. The first-order valence-electron chi connectivity index (χ1n) is 6.00. The second kappa shape index (κ2) is 6.38. The van der Waals surface area contributed by atoms with Gasteiger partial charge in [0.2, 0.25) is 0 Å². The first-order valence-corrected chi connectivity index (χ1v) is 7.08. The van der Waals surface area contributed by atoms with Crippen LogP contribution in [0.3, 0.4) is 0 Å². The highest BCUT2D eigenvalue weighted by atomic mass is 127. The van der Waals surface area contributed by atoms with Gasteiger partial charge in [0.15, 0.2) is 6.61 Å². The van der Waals surface area contributed by atoms with Crippen molar-refractivity contribution in [2.45, 2.75) is 0 Å². The Balaban J connectivity index is 1.83. The van der Waals surface area contributed by atoms with Crippen LogP contribution in [0, 0.1) is 3.57 Å². The molecule has 98 valence electrons. The van der Waals surface area contributed by atoms with Gasteiger partial charge in [-0.1, -0.05) is 12.1 Å². The summed E-state index contributed by atoms with van der Waals surface area (Å²) in [7, 11) is 2.07. The minimum absolute atomic E-state index is 0.0720. The highest BCUT2D eigenvalue weighted by Crippen LogP contribution is 2.19. The van der Waals surface area contributed by atoms with E-state index in [1.165, 1.54) is 0 Å². The van der Waals surface area contributed by atoms with Crippen LogP contribution >= 0.6 is 22.6 Å². The van der Waals surface area contributed by atoms with Crippen LogP contribution in [0.5, 0.6) is 5.75 Å². The van der Waals surface area contributed by atoms with Gasteiger partial charge in [0.25, 0.3) is 5.91 Å². The zero-order valence-electron chi connectivity index (χ0n) is 10.4. The molecule has 1 amide bonds. The fourth-order valence-corrected chi connectivity index (χ4v) is 2.39. The smallest absolute Gasteiger partial charge is 0.260 e. The van der Waals surface area contributed by atoms with Crippen molar-refractivity contribution >= 4 is 28.5 Å². The third kappa shape index (κ3) is 3.58. The van der Waals surface area contributed by atoms with Crippen LogP contribution < -0.4 is 4.74 Å². The molecule has 1 aromatic rings. The number of ether oxygens (including phenoxy) is 1. The third-order valence-electron chi connectivity index (χ3n) is 3.04. The maximum atomic E-state index is 12.0. The minimum Gasteiger partial charge on any atom is -0.483 e. The third-order valence-corrected chi connectivity index (χ3v) is 3.93. The van der Waals surface area contributed by atoms with Gasteiger partial charge < -0.3 is 14.5 Å². The molecule has 18 heavy (non-hydrogen) atoms. The Morgan fingerprint density at radius 2 is 1.94 bits per heavy atom. The maximum Gasteiger partial charge on any atom is 0.260 e. The molecule has 0 spiro atoms. The molecule has 2 rings (SSSR count). The van der Waals surface area contributed by atoms with Gasteiger partial charge in [-0.15, -0.1) is 0 Å². The molecule has 1 aromatic carbocycles. The Morgan fingerprint density at radius 1 is 1.28 bits per heavy atom. The fraction of sp³-hybridized carbons (Fsp3) is 0.462. The first kappa shape index (κ1) is 13.6. The lowest BCUT2D eigenvalue weighted by atomic mass is 10.3. The number of nitrogens with zero attached hydrogens (tertiary/aromatic N) is 2. The van der Waals surface area contributed by atoms with Crippen LogP contribution in [0.1, 0.15) is 0 Å². The molecular weight excluding hydrogens is 343 g/mol. The molecule has 0 saturated carbocycles. The number of para-hydroxylation sites is 1. The summed E-state index contributed by atoms with van der Waals surface area (Å²) in [6.07, 6.45) is 0. The van der Waals surface area contributed by atoms with Crippen LogP contribution in [0.25, 0.3) is 0 Å². The topological polar surface area (TPSA) is 32.8 Å². The SMILES string of the molecule is CN1CCN(C(=O)COc2ccccc2I)CC1. The number of amides is 1. The number of rotatable bonds is 3. The van der Waals surface area contributed by atoms with Gasteiger partial charge in [-0.05, 0) is 41.8 Å². The first-order chi connectivity index (χ1) is 8.66. The summed E-state index contributed by atoms with van der Waals surface area (Å²) >= 11 is 2.21. The van der Waals surface area contributed by atoms with Crippen LogP contribution in [0.4, 0.5) is 0 Å². The largest absolute Gasteiger partial charge is 0.483 e. The van der Waals surface area contributed by atoms with Gasteiger partial charge in [0, 0.05) is 26.2 Å². The Bertz CT molecular complexity index is 417. The van der Waals surface area contributed by atoms with E-state index >= 15 is 0 Å². The Hall–Kier alpha value is -0.820. The molecule has 0 unspecified atom stereocenters. The molecule has 0 radical (unpaired) electrons. The quantitative estimate of drug-likeness (QED) is 0.765. The van der Waals surface area contributed by atoms with Crippen LogP contribution in [-0.2, 0) is 4.79 Å². The predicted molar refractivity (Wildman–Crippen MR) is 78.7 cm³/mol. The van der Waals surface area contributed by atoms with Crippen molar-refractivity contribution in [3.8, 4) is 5.75 Å². The summed E-state index contributed by atoms with van der Waals surface area (Å²) < 4.78 is 6.60. The Kier molecular flexibility index (Phi) is 4.82. The average molecular weight is 360 g/mol. The molecule has 0 aromatic heterocycles. The molecule has 4 nitrogen and oxygen atoms in total. The van der Waals surface area contributed by atoms with E-state index in [0.717, 1.165) is 35.5 Å². The van der Waals surface area contributed by atoms with E-state index in [0.29, 0.717) is 0 Å². The molecule has 0 atom stereocenters. The van der Waals surface area contributed by atoms with Crippen LogP contribution in [0.2, 0.25) is 0 Å². The normalized spacial score (nSPS) is 16.7. The molecule has 5 heteroatoms. The zero-order valence-corrected chi connectivity index (χ0v) is 12.6. The monoisotopic (exact) mass is 360 g/mol. The highest BCUT2D eigenvalue weighted by Gasteiger charge is 2.19. The number of halogens is 1. The second-order valence-electron chi connectivity index (χ2n) is 4.40. The van der Waals surface area contributed by atoms with E-state index in [1.807, 2.05) is 29.2 Å². The van der Waals surface area contributed by atoms with Crippen molar-refractivity contribution < 1.29 is 9.53 Å². The van der Waals surface area contributed by atoms with Gasteiger partial charge in [0.05, 0.1) is 3.57 Å². The van der Waals surface area contributed by atoms with Gasteiger partial charge in [-0.25, -0.2) is 0 Å². The van der Waals surface area contributed by atoms with Crippen molar-refractivity contribution in [3.05, 3.63) is 27.8 Å². The van der Waals surface area contributed by atoms with Gasteiger partial charge in [0.1, 0.15) is 5.75 Å². The van der Waals surface area contributed by atoms with Gasteiger partial charge in [-0.2, -0.15) is 0 Å². The molecule has 0 bridgehead atoms. The molecule has 0 N–H and O–H groups in total. The predicted octanol–water partition coefficient (Wildman–Crippen LogP) is 1.44. The van der Waals surface area contributed by atoms with Crippen molar-refractivity contribution in [2.24, 2.45) is 0 Å². The highest BCUT2D eigenvalue weighted by molar-refractivity contribution is 14.1. The summed E-state index contributed by atoms with van der Waals surface area (Å²) in [6, 6.07) is 7.73. The number of carbonyl (C=O) groups excluding carboxylic acids is 1. The lowest BCUT2D eigenvalue weighted by Gasteiger charge is -2.32. The van der Waals surface area contributed by atoms with E-state index < -0.39 is 0 Å². The van der Waals surface area contributed by atoms with E-state index in [1.54, 1.807) is 0 Å². The molecular formula is C13H17IN2O2. The van der Waals surface area contributed by atoms with E-state index in [4.69, 9.17) is 4.74 Å². The summed E-state index contributed by atoms with van der Waals surface area (Å²) in [4.78, 5) is 16.1. The van der Waals surface area contributed by atoms with E-state index in [-0.39, 0.29) is 12.5 Å². The van der Waals surface area contributed by atoms with Crippen LogP contribution in [0.15, 0.2) is 24.3 Å². The van der Waals surface area contributed by atoms with Crippen molar-refractivity contribution in [2.75, 3.05) is 39.8 Å². The number of hydrogen-bond acceptors (Lipinski definition) is 3.